The third-order valence-corrected chi connectivity index (χ3v) is 1.77. The molecule has 0 bridgehead atoms. The molecule has 0 unspecified atom stereocenters. The molecule has 1 heterocycles. The zero-order valence-corrected chi connectivity index (χ0v) is 6.92. The van der Waals surface area contributed by atoms with Crippen molar-refractivity contribution in [1.29, 1.82) is 0 Å². The number of aliphatic hydroxyl groups excluding tert-OH is 1. The van der Waals surface area contributed by atoms with Gasteiger partial charge in [-0.1, -0.05) is 12.2 Å². The van der Waals surface area contributed by atoms with Crippen LogP contribution in [0.25, 0.3) is 0 Å². The smallest absolute Gasteiger partial charge is 0.389 e. The standard InChI is InChI=1S/C8H11F3O2/c9-8(10,11)4-3-7-6(13-7)2-1-5-12/h1-2,6-7,12H,3-5H2/t6-,7-/m1/s1. The minimum atomic E-state index is -4.10. The topological polar surface area (TPSA) is 32.8 Å². The highest BCUT2D eigenvalue weighted by molar-refractivity contribution is 5.02. The predicted molar refractivity (Wildman–Crippen MR) is 40.2 cm³/mol. The number of hydrogen-bond donors (Lipinski definition) is 1. The summed E-state index contributed by atoms with van der Waals surface area (Å²) < 4.78 is 40.0. The number of epoxide rings is 1. The summed E-state index contributed by atoms with van der Waals surface area (Å²) in [7, 11) is 0. The van der Waals surface area contributed by atoms with Crippen LogP contribution in [0.15, 0.2) is 12.2 Å². The average molecular weight is 196 g/mol. The third kappa shape index (κ3) is 4.28. The molecule has 0 spiro atoms. The molecule has 1 N–H and O–H groups in total. The van der Waals surface area contributed by atoms with E-state index in [-0.39, 0.29) is 25.2 Å². The van der Waals surface area contributed by atoms with Crippen molar-refractivity contribution in [3.8, 4) is 0 Å². The Balaban J connectivity index is 2.11. The lowest BCUT2D eigenvalue weighted by atomic mass is 10.2. The van der Waals surface area contributed by atoms with Crippen LogP contribution in [0.2, 0.25) is 0 Å². The van der Waals surface area contributed by atoms with Gasteiger partial charge in [-0.3, -0.25) is 0 Å². The Morgan fingerprint density at radius 3 is 2.62 bits per heavy atom. The molecular formula is C8H11F3O2. The maximum absolute atomic E-state index is 11.7. The largest absolute Gasteiger partial charge is 0.392 e. The van der Waals surface area contributed by atoms with Gasteiger partial charge in [0.2, 0.25) is 0 Å². The summed E-state index contributed by atoms with van der Waals surface area (Å²) in [5.41, 5.74) is 0. The van der Waals surface area contributed by atoms with E-state index in [2.05, 4.69) is 0 Å². The molecule has 1 aliphatic heterocycles. The lowest BCUT2D eigenvalue weighted by molar-refractivity contribution is -0.136. The first kappa shape index (κ1) is 10.5. The Morgan fingerprint density at radius 2 is 2.08 bits per heavy atom. The molecule has 0 aromatic heterocycles. The summed E-state index contributed by atoms with van der Waals surface area (Å²) in [4.78, 5) is 0. The molecule has 2 atom stereocenters. The second-order valence-electron chi connectivity index (χ2n) is 2.90. The fourth-order valence-electron chi connectivity index (χ4n) is 1.06. The van der Waals surface area contributed by atoms with Crippen LogP contribution in [0.4, 0.5) is 13.2 Å². The Hall–Kier alpha value is -0.550. The van der Waals surface area contributed by atoms with E-state index in [1.807, 2.05) is 0 Å². The predicted octanol–water partition coefficient (Wildman–Crippen LogP) is 1.64. The van der Waals surface area contributed by atoms with Crippen molar-refractivity contribution in [2.45, 2.75) is 31.2 Å². The van der Waals surface area contributed by atoms with Crippen LogP contribution < -0.4 is 0 Å². The van der Waals surface area contributed by atoms with Gasteiger partial charge in [-0.2, -0.15) is 13.2 Å². The average Bonchev–Trinajstić information content (AvgIpc) is 2.75. The van der Waals surface area contributed by atoms with Crippen LogP contribution in [0.1, 0.15) is 12.8 Å². The maximum Gasteiger partial charge on any atom is 0.389 e. The lowest BCUT2D eigenvalue weighted by Gasteiger charge is -2.02. The van der Waals surface area contributed by atoms with Crippen molar-refractivity contribution in [3.05, 3.63) is 12.2 Å². The third-order valence-electron chi connectivity index (χ3n) is 1.77. The van der Waals surface area contributed by atoms with Crippen molar-refractivity contribution in [2.75, 3.05) is 6.61 Å². The van der Waals surface area contributed by atoms with E-state index in [1.54, 1.807) is 6.08 Å². The molecule has 1 fully saturated rings. The summed E-state index contributed by atoms with van der Waals surface area (Å²) in [6, 6.07) is 0. The van der Waals surface area contributed by atoms with Gasteiger partial charge in [0.05, 0.1) is 12.7 Å². The van der Waals surface area contributed by atoms with Gasteiger partial charge >= 0.3 is 6.18 Å². The summed E-state index contributed by atoms with van der Waals surface area (Å²) in [5, 5.41) is 8.37. The fourth-order valence-corrected chi connectivity index (χ4v) is 1.06. The van der Waals surface area contributed by atoms with E-state index in [1.165, 1.54) is 6.08 Å². The van der Waals surface area contributed by atoms with Gasteiger partial charge in [0, 0.05) is 6.42 Å². The summed E-state index contributed by atoms with van der Waals surface area (Å²) in [5.74, 6) is 0. The molecule has 1 saturated heterocycles. The van der Waals surface area contributed by atoms with E-state index in [9.17, 15) is 13.2 Å². The van der Waals surface area contributed by atoms with Gasteiger partial charge in [0.15, 0.2) is 0 Å². The van der Waals surface area contributed by atoms with E-state index < -0.39 is 12.6 Å². The van der Waals surface area contributed by atoms with Crippen molar-refractivity contribution >= 4 is 0 Å². The van der Waals surface area contributed by atoms with Crippen molar-refractivity contribution in [3.63, 3.8) is 0 Å². The molecule has 1 aliphatic rings. The number of hydrogen-bond acceptors (Lipinski definition) is 2. The first-order valence-corrected chi connectivity index (χ1v) is 4.02. The SMILES string of the molecule is OCC=C[C@H]1O[C@@H]1CCC(F)(F)F. The van der Waals surface area contributed by atoms with E-state index in [4.69, 9.17) is 9.84 Å². The second-order valence-corrected chi connectivity index (χ2v) is 2.90. The molecule has 0 aliphatic carbocycles. The molecule has 0 saturated carbocycles. The Morgan fingerprint density at radius 1 is 1.38 bits per heavy atom. The Bertz CT molecular complexity index is 188. The molecule has 13 heavy (non-hydrogen) atoms. The van der Waals surface area contributed by atoms with Gasteiger partial charge in [-0.15, -0.1) is 0 Å². The van der Waals surface area contributed by atoms with Crippen LogP contribution >= 0.6 is 0 Å². The van der Waals surface area contributed by atoms with Crippen LogP contribution in [0, 0.1) is 0 Å². The van der Waals surface area contributed by atoms with Crippen LogP contribution in [0.5, 0.6) is 0 Å². The number of rotatable bonds is 4. The Kier molecular flexibility index (Phi) is 3.33. The fraction of sp³-hybridized carbons (Fsp3) is 0.750. The molecule has 0 aromatic rings. The minimum Gasteiger partial charge on any atom is -0.392 e. The molecule has 5 heteroatoms. The van der Waals surface area contributed by atoms with Crippen LogP contribution in [-0.2, 0) is 4.74 Å². The van der Waals surface area contributed by atoms with Gasteiger partial charge < -0.3 is 9.84 Å². The minimum absolute atomic E-state index is 0.00390. The first-order valence-electron chi connectivity index (χ1n) is 4.02. The lowest BCUT2D eigenvalue weighted by Crippen LogP contribution is -2.08. The number of alkyl halides is 3. The van der Waals surface area contributed by atoms with E-state index in [0.29, 0.717) is 0 Å². The maximum atomic E-state index is 11.7. The van der Waals surface area contributed by atoms with Crippen molar-refractivity contribution < 1.29 is 23.0 Å². The normalized spacial score (nSPS) is 28.3. The van der Waals surface area contributed by atoms with E-state index in [0.717, 1.165) is 0 Å². The number of halogens is 3. The van der Waals surface area contributed by atoms with Gasteiger partial charge in [0.1, 0.15) is 6.10 Å². The zero-order chi connectivity index (χ0) is 9.90. The van der Waals surface area contributed by atoms with E-state index >= 15 is 0 Å². The summed E-state index contributed by atoms with van der Waals surface area (Å²) >= 11 is 0. The summed E-state index contributed by atoms with van der Waals surface area (Å²) in [6.45, 7) is -0.105. The first-order chi connectivity index (χ1) is 6.03. The number of aliphatic hydroxyl groups is 1. The summed E-state index contributed by atoms with van der Waals surface area (Å²) in [6.07, 6.45) is -2.39. The molecule has 1 rings (SSSR count). The molecule has 0 aromatic carbocycles. The zero-order valence-electron chi connectivity index (χ0n) is 6.92. The van der Waals surface area contributed by atoms with Gasteiger partial charge in [-0.25, -0.2) is 0 Å². The molecular weight excluding hydrogens is 185 g/mol. The van der Waals surface area contributed by atoms with Crippen LogP contribution in [-0.4, -0.2) is 30.1 Å². The molecule has 0 radical (unpaired) electrons. The molecule has 2 nitrogen and oxygen atoms in total. The molecule has 76 valence electrons. The van der Waals surface area contributed by atoms with Crippen molar-refractivity contribution in [2.24, 2.45) is 0 Å². The van der Waals surface area contributed by atoms with Gasteiger partial charge in [0.25, 0.3) is 0 Å². The highest BCUT2D eigenvalue weighted by atomic mass is 19.4. The number of ether oxygens (including phenoxy) is 1. The molecule has 0 amide bonds. The van der Waals surface area contributed by atoms with Gasteiger partial charge in [-0.05, 0) is 6.42 Å². The monoisotopic (exact) mass is 196 g/mol. The second kappa shape index (κ2) is 4.11. The highest BCUT2D eigenvalue weighted by Gasteiger charge is 2.39. The Labute approximate surface area is 74.0 Å². The quantitative estimate of drug-likeness (QED) is 0.547. The van der Waals surface area contributed by atoms with Crippen molar-refractivity contribution in [1.82, 2.24) is 0 Å². The van der Waals surface area contributed by atoms with Crippen LogP contribution in [0.3, 0.4) is 0 Å². The highest BCUT2D eigenvalue weighted by Crippen LogP contribution is 2.32.